The molecule has 1 N–H and O–H groups in total. The molecule has 1 aliphatic rings. The number of rotatable bonds is 6. The standard InChI is InChI=1S/C21H23FN4OS2/c1-14-24-18(13-28-14)12-26-8-6-16(7-9-26)20(27)25-21-23-11-19(29-21)10-15-2-4-17(22)5-3-15/h2-5,11,13,16H,6-10,12H2,1H3,(H,23,25,27). The number of aromatic nitrogens is 2. The Bertz CT molecular complexity index is 961. The normalized spacial score (nSPS) is 15.5. The number of amides is 1. The first-order valence-corrected chi connectivity index (χ1v) is 11.4. The maximum absolute atomic E-state index is 13.0. The number of nitrogens with zero attached hydrogens (tertiary/aromatic N) is 3. The summed E-state index contributed by atoms with van der Waals surface area (Å²) >= 11 is 3.15. The van der Waals surface area contributed by atoms with Crippen molar-refractivity contribution in [3.8, 4) is 0 Å². The van der Waals surface area contributed by atoms with Gasteiger partial charge in [-0.25, -0.2) is 14.4 Å². The lowest BCUT2D eigenvalue weighted by Gasteiger charge is -2.30. The minimum Gasteiger partial charge on any atom is -0.302 e. The minimum absolute atomic E-state index is 0.0212. The number of likely N-dealkylation sites (tertiary alicyclic amines) is 1. The van der Waals surface area contributed by atoms with Crippen molar-refractivity contribution >= 4 is 33.7 Å². The molecule has 0 aliphatic carbocycles. The average molecular weight is 431 g/mol. The van der Waals surface area contributed by atoms with Crippen LogP contribution in [0.4, 0.5) is 9.52 Å². The molecule has 0 radical (unpaired) electrons. The van der Waals surface area contributed by atoms with E-state index in [0.29, 0.717) is 11.6 Å². The first-order chi connectivity index (χ1) is 14.0. The molecule has 0 bridgehead atoms. The van der Waals surface area contributed by atoms with Crippen LogP contribution in [0.2, 0.25) is 0 Å². The Morgan fingerprint density at radius 1 is 1.28 bits per heavy atom. The van der Waals surface area contributed by atoms with Crippen LogP contribution in [0.1, 0.15) is 34.0 Å². The molecule has 29 heavy (non-hydrogen) atoms. The molecule has 1 amide bonds. The van der Waals surface area contributed by atoms with Crippen molar-refractivity contribution in [3.63, 3.8) is 0 Å². The summed E-state index contributed by atoms with van der Waals surface area (Å²) in [5, 5.41) is 6.81. The summed E-state index contributed by atoms with van der Waals surface area (Å²) in [4.78, 5) is 24.9. The number of hydrogen-bond donors (Lipinski definition) is 1. The monoisotopic (exact) mass is 430 g/mol. The van der Waals surface area contributed by atoms with Gasteiger partial charge in [-0.05, 0) is 50.6 Å². The number of thiazole rings is 2. The van der Waals surface area contributed by atoms with E-state index >= 15 is 0 Å². The minimum atomic E-state index is -0.237. The van der Waals surface area contributed by atoms with Gasteiger partial charge in [-0.2, -0.15) is 0 Å². The highest BCUT2D eigenvalue weighted by Gasteiger charge is 2.26. The second kappa shape index (κ2) is 9.11. The number of carbonyl (C=O) groups is 1. The highest BCUT2D eigenvalue weighted by molar-refractivity contribution is 7.15. The van der Waals surface area contributed by atoms with Crippen LogP contribution in [0.25, 0.3) is 0 Å². The lowest BCUT2D eigenvalue weighted by atomic mass is 9.96. The third kappa shape index (κ3) is 5.46. The van der Waals surface area contributed by atoms with Crippen LogP contribution >= 0.6 is 22.7 Å². The summed E-state index contributed by atoms with van der Waals surface area (Å²) in [6.07, 6.45) is 4.16. The van der Waals surface area contributed by atoms with Gasteiger partial charge in [0.2, 0.25) is 5.91 Å². The Labute approximate surface area is 177 Å². The third-order valence-electron chi connectivity index (χ3n) is 5.09. The van der Waals surface area contributed by atoms with Crippen molar-refractivity contribution in [2.24, 2.45) is 5.92 Å². The molecule has 3 aromatic rings. The maximum Gasteiger partial charge on any atom is 0.229 e. The van der Waals surface area contributed by atoms with Crippen LogP contribution in [-0.4, -0.2) is 33.9 Å². The van der Waals surface area contributed by atoms with Crippen LogP contribution in [0, 0.1) is 18.7 Å². The van der Waals surface area contributed by atoms with Crippen LogP contribution in [-0.2, 0) is 17.8 Å². The number of anilines is 1. The summed E-state index contributed by atoms with van der Waals surface area (Å²) in [6, 6.07) is 6.46. The highest BCUT2D eigenvalue weighted by atomic mass is 32.1. The summed E-state index contributed by atoms with van der Waals surface area (Å²) in [5.41, 5.74) is 2.14. The Balaban J connectivity index is 1.25. The zero-order valence-corrected chi connectivity index (χ0v) is 17.9. The molecular weight excluding hydrogens is 407 g/mol. The molecular formula is C21H23FN4OS2. The first kappa shape index (κ1) is 20.1. The van der Waals surface area contributed by atoms with E-state index in [1.165, 1.54) is 23.5 Å². The number of benzene rings is 1. The number of carbonyl (C=O) groups excluding carboxylic acids is 1. The first-order valence-electron chi connectivity index (χ1n) is 9.68. The van der Waals surface area contributed by atoms with Gasteiger partial charge in [0.1, 0.15) is 5.82 Å². The van der Waals surface area contributed by atoms with Crippen molar-refractivity contribution in [1.82, 2.24) is 14.9 Å². The average Bonchev–Trinajstić information content (AvgIpc) is 3.33. The molecule has 0 spiro atoms. The van der Waals surface area contributed by atoms with Crippen molar-refractivity contribution in [3.05, 3.63) is 62.8 Å². The molecule has 1 saturated heterocycles. The largest absolute Gasteiger partial charge is 0.302 e. The molecule has 4 rings (SSSR count). The predicted octanol–water partition coefficient (Wildman–Crippen LogP) is 4.49. The van der Waals surface area contributed by atoms with E-state index in [0.717, 1.165) is 53.6 Å². The fourth-order valence-electron chi connectivity index (χ4n) is 3.52. The SMILES string of the molecule is Cc1nc(CN2CCC(C(=O)Nc3ncc(Cc4ccc(F)cc4)s3)CC2)cs1. The molecule has 1 fully saturated rings. The van der Waals surface area contributed by atoms with Gasteiger partial charge >= 0.3 is 0 Å². The summed E-state index contributed by atoms with van der Waals surface area (Å²) in [6.45, 7) is 4.69. The Morgan fingerprint density at radius 3 is 2.72 bits per heavy atom. The molecule has 0 atom stereocenters. The maximum atomic E-state index is 13.0. The number of piperidine rings is 1. The van der Waals surface area contributed by atoms with Gasteiger partial charge in [0.15, 0.2) is 5.13 Å². The van der Waals surface area contributed by atoms with Crippen molar-refractivity contribution in [2.75, 3.05) is 18.4 Å². The molecule has 1 aliphatic heterocycles. The highest BCUT2D eigenvalue weighted by Crippen LogP contribution is 2.25. The quantitative estimate of drug-likeness (QED) is 0.626. The van der Waals surface area contributed by atoms with E-state index in [9.17, 15) is 9.18 Å². The van der Waals surface area contributed by atoms with Crippen molar-refractivity contribution in [2.45, 2.75) is 32.7 Å². The molecule has 0 saturated carbocycles. The zero-order chi connectivity index (χ0) is 20.2. The van der Waals surface area contributed by atoms with Gasteiger partial charge in [0.05, 0.1) is 10.7 Å². The Morgan fingerprint density at radius 2 is 2.03 bits per heavy atom. The van der Waals surface area contributed by atoms with Gasteiger partial charge in [-0.3, -0.25) is 9.69 Å². The van der Waals surface area contributed by atoms with Crippen LogP contribution in [0.5, 0.6) is 0 Å². The zero-order valence-electron chi connectivity index (χ0n) is 16.2. The van der Waals surface area contributed by atoms with Crippen molar-refractivity contribution in [1.29, 1.82) is 0 Å². The van der Waals surface area contributed by atoms with Gasteiger partial charge < -0.3 is 5.32 Å². The lowest BCUT2D eigenvalue weighted by molar-refractivity contribution is -0.121. The second-order valence-electron chi connectivity index (χ2n) is 7.33. The molecule has 5 nitrogen and oxygen atoms in total. The van der Waals surface area contributed by atoms with Crippen molar-refractivity contribution < 1.29 is 9.18 Å². The summed E-state index contributed by atoms with van der Waals surface area (Å²) < 4.78 is 13.0. The van der Waals surface area contributed by atoms with Gasteiger partial charge in [0.25, 0.3) is 0 Å². The number of aryl methyl sites for hydroxylation is 1. The van der Waals surface area contributed by atoms with Crippen LogP contribution in [0.15, 0.2) is 35.8 Å². The van der Waals surface area contributed by atoms with E-state index in [1.54, 1.807) is 29.7 Å². The summed E-state index contributed by atoms with van der Waals surface area (Å²) in [7, 11) is 0. The lowest BCUT2D eigenvalue weighted by Crippen LogP contribution is -2.37. The smallest absolute Gasteiger partial charge is 0.229 e. The van der Waals surface area contributed by atoms with E-state index in [1.807, 2.05) is 6.92 Å². The molecule has 8 heteroatoms. The van der Waals surface area contributed by atoms with Gasteiger partial charge in [-0.15, -0.1) is 22.7 Å². The van der Waals surface area contributed by atoms with Gasteiger partial charge in [-0.1, -0.05) is 12.1 Å². The topological polar surface area (TPSA) is 58.1 Å². The molecule has 3 heterocycles. The Hall–Kier alpha value is -2.16. The Kier molecular flexibility index (Phi) is 6.32. The molecule has 2 aromatic heterocycles. The van der Waals surface area contributed by atoms with E-state index in [-0.39, 0.29) is 17.6 Å². The summed E-state index contributed by atoms with van der Waals surface area (Å²) in [5.74, 6) is -0.163. The van der Waals surface area contributed by atoms with E-state index in [4.69, 9.17) is 0 Å². The van der Waals surface area contributed by atoms with Crippen LogP contribution in [0.3, 0.4) is 0 Å². The molecule has 1 aromatic carbocycles. The van der Waals surface area contributed by atoms with Gasteiger partial charge in [0, 0.05) is 35.3 Å². The number of hydrogen-bond acceptors (Lipinski definition) is 6. The fourth-order valence-corrected chi connectivity index (χ4v) is 4.97. The molecule has 152 valence electrons. The second-order valence-corrected chi connectivity index (χ2v) is 9.51. The number of halogens is 1. The third-order valence-corrected chi connectivity index (χ3v) is 6.82. The fraction of sp³-hybridized carbons (Fsp3) is 0.381. The van der Waals surface area contributed by atoms with E-state index < -0.39 is 0 Å². The van der Waals surface area contributed by atoms with Crippen LogP contribution < -0.4 is 5.32 Å². The molecule has 0 unspecified atom stereocenters. The van der Waals surface area contributed by atoms with E-state index in [2.05, 4.69) is 25.6 Å². The number of nitrogens with one attached hydrogen (secondary N) is 1. The predicted molar refractivity (Wildman–Crippen MR) is 115 cm³/mol.